The predicted molar refractivity (Wildman–Crippen MR) is 107 cm³/mol. The number of carboxylic acid groups (broad SMARTS) is 1. The molecule has 0 aromatic heterocycles. The van der Waals surface area contributed by atoms with E-state index < -0.39 is 12.0 Å². The summed E-state index contributed by atoms with van der Waals surface area (Å²) in [5.74, 6) is 0.700. The smallest absolute Gasteiger partial charge is 0.320 e. The van der Waals surface area contributed by atoms with Crippen LogP contribution >= 0.6 is 0 Å². The molecule has 4 rings (SSSR count). The van der Waals surface area contributed by atoms with E-state index in [2.05, 4.69) is 34.1 Å². The Kier molecular flexibility index (Phi) is 5.13. The Bertz CT molecular complexity index is 850. The van der Waals surface area contributed by atoms with Crippen molar-refractivity contribution in [2.45, 2.75) is 31.3 Å². The zero-order valence-electron chi connectivity index (χ0n) is 16.3. The Morgan fingerprint density at radius 3 is 2.50 bits per heavy atom. The number of carboxylic acids is 1. The maximum atomic E-state index is 12.0. The van der Waals surface area contributed by atoms with Crippen LogP contribution in [0.4, 0.5) is 5.69 Å². The SMILES string of the molecule is CN(C)c1ccc(C(c2ccc3c(c2)OCO3)N2CCCCC2C(=O)O)cc1. The summed E-state index contributed by atoms with van der Waals surface area (Å²) in [7, 11) is 4.02. The summed E-state index contributed by atoms with van der Waals surface area (Å²) in [4.78, 5) is 16.1. The van der Waals surface area contributed by atoms with Gasteiger partial charge >= 0.3 is 5.97 Å². The Balaban J connectivity index is 1.77. The van der Waals surface area contributed by atoms with Crippen LogP contribution in [0.3, 0.4) is 0 Å². The van der Waals surface area contributed by atoms with E-state index in [0.717, 1.165) is 47.7 Å². The van der Waals surface area contributed by atoms with E-state index in [4.69, 9.17) is 9.47 Å². The molecule has 2 unspecified atom stereocenters. The maximum Gasteiger partial charge on any atom is 0.320 e. The Morgan fingerprint density at radius 2 is 1.79 bits per heavy atom. The predicted octanol–water partition coefficient (Wildman–Crippen LogP) is 3.51. The van der Waals surface area contributed by atoms with Crippen LogP contribution in [0.15, 0.2) is 42.5 Å². The van der Waals surface area contributed by atoms with Crippen LogP contribution in [0.2, 0.25) is 0 Å². The summed E-state index contributed by atoms with van der Waals surface area (Å²) in [6, 6.07) is 13.6. The average molecular weight is 382 g/mol. The molecule has 0 spiro atoms. The van der Waals surface area contributed by atoms with E-state index in [1.807, 2.05) is 32.3 Å². The molecule has 0 bridgehead atoms. The third kappa shape index (κ3) is 3.52. The molecule has 0 radical (unpaired) electrons. The van der Waals surface area contributed by atoms with Crippen LogP contribution in [0.5, 0.6) is 11.5 Å². The van der Waals surface area contributed by atoms with Crippen molar-refractivity contribution in [3.05, 3.63) is 53.6 Å². The summed E-state index contributed by atoms with van der Waals surface area (Å²) in [5, 5.41) is 9.83. The molecular formula is C22H26N2O4. The third-order valence-electron chi connectivity index (χ3n) is 5.60. The quantitative estimate of drug-likeness (QED) is 0.854. The van der Waals surface area contributed by atoms with E-state index in [9.17, 15) is 9.90 Å². The van der Waals surface area contributed by atoms with E-state index in [1.54, 1.807) is 0 Å². The van der Waals surface area contributed by atoms with Gasteiger partial charge in [0, 0.05) is 19.8 Å². The number of hydrogen-bond donors (Lipinski definition) is 1. The van der Waals surface area contributed by atoms with E-state index in [-0.39, 0.29) is 12.8 Å². The minimum absolute atomic E-state index is 0.146. The van der Waals surface area contributed by atoms with Gasteiger partial charge in [-0.25, -0.2) is 0 Å². The molecule has 6 heteroatoms. The molecule has 2 aromatic carbocycles. The topological polar surface area (TPSA) is 62.2 Å². The van der Waals surface area contributed by atoms with Crippen molar-refractivity contribution in [2.24, 2.45) is 0 Å². The van der Waals surface area contributed by atoms with Crippen molar-refractivity contribution in [3.8, 4) is 11.5 Å². The van der Waals surface area contributed by atoms with Crippen LogP contribution in [0.1, 0.15) is 36.4 Å². The van der Waals surface area contributed by atoms with Gasteiger partial charge in [-0.15, -0.1) is 0 Å². The molecule has 1 fully saturated rings. The summed E-state index contributed by atoms with van der Waals surface area (Å²) in [6.07, 6.45) is 2.62. The van der Waals surface area contributed by atoms with Crippen molar-refractivity contribution >= 4 is 11.7 Å². The molecule has 2 aliphatic heterocycles. The van der Waals surface area contributed by atoms with Crippen LogP contribution in [0, 0.1) is 0 Å². The normalized spacial score (nSPS) is 20.0. The monoisotopic (exact) mass is 382 g/mol. The zero-order chi connectivity index (χ0) is 19.7. The van der Waals surface area contributed by atoms with Gasteiger partial charge in [0.15, 0.2) is 11.5 Å². The highest BCUT2D eigenvalue weighted by molar-refractivity contribution is 5.73. The molecular weight excluding hydrogens is 356 g/mol. The first-order valence-corrected chi connectivity index (χ1v) is 9.70. The lowest BCUT2D eigenvalue weighted by atomic mass is 9.91. The summed E-state index contributed by atoms with van der Waals surface area (Å²) in [5.41, 5.74) is 3.22. The van der Waals surface area contributed by atoms with Crippen molar-refractivity contribution in [2.75, 3.05) is 32.3 Å². The van der Waals surface area contributed by atoms with Crippen LogP contribution in [0.25, 0.3) is 0 Å². The number of hydrogen-bond acceptors (Lipinski definition) is 5. The molecule has 2 aromatic rings. The van der Waals surface area contributed by atoms with Crippen molar-refractivity contribution in [1.29, 1.82) is 0 Å². The van der Waals surface area contributed by atoms with Gasteiger partial charge < -0.3 is 19.5 Å². The molecule has 0 amide bonds. The molecule has 2 aliphatic rings. The standard InChI is InChI=1S/C22H26N2O4/c1-23(2)17-9-6-15(7-10-17)21(24-12-4-3-5-18(24)22(25)26)16-8-11-19-20(13-16)28-14-27-19/h6-11,13,18,21H,3-5,12,14H2,1-2H3,(H,25,26). The summed E-state index contributed by atoms with van der Waals surface area (Å²) >= 11 is 0. The number of rotatable bonds is 5. The number of carbonyl (C=O) groups is 1. The molecule has 1 N–H and O–H groups in total. The van der Waals surface area contributed by atoms with Gasteiger partial charge in [0.25, 0.3) is 0 Å². The van der Waals surface area contributed by atoms with Crippen molar-refractivity contribution in [3.63, 3.8) is 0 Å². The van der Waals surface area contributed by atoms with Gasteiger partial charge in [-0.1, -0.05) is 24.6 Å². The Hall–Kier alpha value is -2.73. The van der Waals surface area contributed by atoms with Crippen molar-refractivity contribution in [1.82, 2.24) is 4.90 Å². The first-order valence-electron chi connectivity index (χ1n) is 9.70. The fourth-order valence-corrected chi connectivity index (χ4v) is 4.14. The van der Waals surface area contributed by atoms with Gasteiger partial charge in [0.05, 0.1) is 6.04 Å². The lowest BCUT2D eigenvalue weighted by molar-refractivity contribution is -0.145. The Labute approximate surface area is 165 Å². The number of aliphatic carboxylic acids is 1. The largest absolute Gasteiger partial charge is 0.480 e. The minimum atomic E-state index is -0.754. The molecule has 1 saturated heterocycles. The van der Waals surface area contributed by atoms with E-state index in [1.165, 1.54) is 0 Å². The van der Waals surface area contributed by atoms with Crippen LogP contribution < -0.4 is 14.4 Å². The lowest BCUT2D eigenvalue weighted by Gasteiger charge is -2.39. The molecule has 2 heterocycles. The number of nitrogens with zero attached hydrogens (tertiary/aromatic N) is 2. The second kappa shape index (κ2) is 7.72. The Morgan fingerprint density at radius 1 is 1.07 bits per heavy atom. The number of likely N-dealkylation sites (tertiary alicyclic amines) is 1. The lowest BCUT2D eigenvalue weighted by Crippen LogP contribution is -2.46. The highest BCUT2D eigenvalue weighted by atomic mass is 16.7. The second-order valence-electron chi connectivity index (χ2n) is 7.59. The number of piperidine rings is 1. The molecule has 148 valence electrons. The molecule has 0 aliphatic carbocycles. The average Bonchev–Trinajstić information content (AvgIpc) is 3.17. The first-order chi connectivity index (χ1) is 13.5. The number of anilines is 1. The fourth-order valence-electron chi connectivity index (χ4n) is 4.14. The first kappa shape index (κ1) is 18.6. The van der Waals surface area contributed by atoms with Gasteiger partial charge in [-0.05, 0) is 54.8 Å². The van der Waals surface area contributed by atoms with Crippen LogP contribution in [-0.2, 0) is 4.79 Å². The molecule has 0 saturated carbocycles. The van der Waals surface area contributed by atoms with Gasteiger partial charge in [0.2, 0.25) is 6.79 Å². The van der Waals surface area contributed by atoms with E-state index in [0.29, 0.717) is 6.42 Å². The summed E-state index contributed by atoms with van der Waals surface area (Å²) in [6.45, 7) is 0.980. The molecule has 28 heavy (non-hydrogen) atoms. The summed E-state index contributed by atoms with van der Waals surface area (Å²) < 4.78 is 11.0. The van der Waals surface area contributed by atoms with E-state index >= 15 is 0 Å². The van der Waals surface area contributed by atoms with Crippen molar-refractivity contribution < 1.29 is 19.4 Å². The highest BCUT2D eigenvalue weighted by Gasteiger charge is 2.35. The number of fused-ring (bicyclic) bond motifs is 1. The molecule has 6 nitrogen and oxygen atoms in total. The zero-order valence-corrected chi connectivity index (χ0v) is 16.3. The third-order valence-corrected chi connectivity index (χ3v) is 5.60. The minimum Gasteiger partial charge on any atom is -0.480 e. The fraction of sp³-hybridized carbons (Fsp3) is 0.409. The number of benzene rings is 2. The number of ether oxygens (including phenoxy) is 2. The second-order valence-corrected chi connectivity index (χ2v) is 7.59. The van der Waals surface area contributed by atoms with Gasteiger partial charge in [0.1, 0.15) is 6.04 Å². The maximum absolute atomic E-state index is 12.0. The van der Waals surface area contributed by atoms with Gasteiger partial charge in [-0.3, -0.25) is 9.69 Å². The molecule has 2 atom stereocenters. The van der Waals surface area contributed by atoms with Gasteiger partial charge in [-0.2, -0.15) is 0 Å². The van der Waals surface area contributed by atoms with Crippen LogP contribution in [-0.4, -0.2) is 49.5 Å². The highest BCUT2D eigenvalue weighted by Crippen LogP contribution is 2.40.